The number of nitrogens with two attached hydrogens (primary N) is 1. The van der Waals surface area contributed by atoms with Gasteiger partial charge in [-0.2, -0.15) is 0 Å². The molecule has 13 nitrogen and oxygen atoms in total. The molecule has 0 spiro atoms. The van der Waals surface area contributed by atoms with Gasteiger partial charge in [-0.05, 0) is 0 Å². The summed E-state index contributed by atoms with van der Waals surface area (Å²) in [6.07, 6.45) is -11.0. The molecule has 0 amide bonds. The van der Waals surface area contributed by atoms with Crippen LogP contribution in [0.25, 0.3) is 0 Å². The molecule has 2 aliphatic rings. The molecule has 2 saturated heterocycles. The summed E-state index contributed by atoms with van der Waals surface area (Å²) in [5.74, 6) is 0. The topological polar surface area (TPSA) is 210 Å². The first-order chi connectivity index (χ1) is 13.3. The smallest absolute Gasteiger partial charge is 0.330 e. The number of H-pyrrole nitrogens is 1. The number of ether oxygens (including phenoxy) is 3. The minimum Gasteiger partial charge on any atom is -0.394 e. The minimum atomic E-state index is -1.58. The predicted octanol–water partition coefficient (Wildman–Crippen LogP) is -5.06. The fourth-order valence-corrected chi connectivity index (χ4v) is 3.27. The maximum absolute atomic E-state index is 11.9. The van der Waals surface area contributed by atoms with Crippen molar-refractivity contribution in [1.82, 2.24) is 9.55 Å². The van der Waals surface area contributed by atoms with Crippen molar-refractivity contribution in [2.75, 3.05) is 13.2 Å². The summed E-state index contributed by atoms with van der Waals surface area (Å²) in [4.78, 5) is 25.1. The van der Waals surface area contributed by atoms with Crippen LogP contribution in [0.5, 0.6) is 0 Å². The summed E-state index contributed by atoms with van der Waals surface area (Å²) >= 11 is 0. The van der Waals surface area contributed by atoms with E-state index in [0.29, 0.717) is 0 Å². The lowest BCUT2D eigenvalue weighted by Gasteiger charge is -2.28. The molecule has 0 unspecified atom stereocenters. The van der Waals surface area contributed by atoms with E-state index in [-0.39, 0.29) is 6.54 Å². The van der Waals surface area contributed by atoms with Gasteiger partial charge in [-0.15, -0.1) is 0 Å². The van der Waals surface area contributed by atoms with Gasteiger partial charge in [0.05, 0.1) is 6.61 Å². The Morgan fingerprint density at radius 3 is 2.43 bits per heavy atom. The van der Waals surface area contributed by atoms with Gasteiger partial charge in [0.25, 0.3) is 5.56 Å². The summed E-state index contributed by atoms with van der Waals surface area (Å²) in [5, 5.41) is 50.0. The molecule has 8 N–H and O–H groups in total. The van der Waals surface area contributed by atoms with Crippen molar-refractivity contribution in [3.63, 3.8) is 0 Å². The lowest BCUT2D eigenvalue weighted by molar-refractivity contribution is -0.227. The van der Waals surface area contributed by atoms with Crippen LogP contribution in [0, 0.1) is 0 Å². The van der Waals surface area contributed by atoms with Gasteiger partial charge in [-0.1, -0.05) is 0 Å². The molecule has 0 aliphatic carbocycles. The number of rotatable bonds is 6. The number of aromatic nitrogens is 2. The molecule has 28 heavy (non-hydrogen) atoms. The highest BCUT2D eigenvalue weighted by Crippen LogP contribution is 2.32. The van der Waals surface area contributed by atoms with E-state index in [1.807, 2.05) is 4.98 Å². The van der Waals surface area contributed by atoms with Crippen molar-refractivity contribution in [2.24, 2.45) is 5.73 Å². The number of aliphatic hydroxyl groups is 5. The Hall–Kier alpha value is -1.68. The molecule has 1 aromatic heterocycles. The van der Waals surface area contributed by atoms with Crippen molar-refractivity contribution in [3.05, 3.63) is 33.1 Å². The molecule has 2 aliphatic heterocycles. The number of hydrogen-bond donors (Lipinski definition) is 7. The number of aliphatic hydroxyl groups excluding tert-OH is 5. The van der Waals surface area contributed by atoms with Gasteiger partial charge in [-0.25, -0.2) is 4.79 Å². The molecule has 3 heterocycles. The molecule has 1 aromatic rings. The average Bonchev–Trinajstić information content (AvgIpc) is 3.11. The Bertz CT molecular complexity index is 784. The fraction of sp³-hybridized carbons (Fsp3) is 0.733. The second kappa shape index (κ2) is 8.36. The monoisotopic (exact) mass is 405 g/mol. The number of hydrogen-bond acceptors (Lipinski definition) is 11. The Labute approximate surface area is 157 Å². The number of nitrogens with zero attached hydrogens (tertiary/aromatic N) is 1. The van der Waals surface area contributed by atoms with Gasteiger partial charge in [0.1, 0.15) is 42.7 Å². The van der Waals surface area contributed by atoms with Crippen LogP contribution in [0.15, 0.2) is 21.9 Å². The molecule has 0 radical (unpaired) electrons. The van der Waals surface area contributed by atoms with Crippen LogP contribution >= 0.6 is 0 Å². The minimum absolute atomic E-state index is 0.0830. The maximum atomic E-state index is 11.9. The number of nitrogens with one attached hydrogen (secondary N) is 1. The van der Waals surface area contributed by atoms with Gasteiger partial charge in [0.15, 0.2) is 12.5 Å². The largest absolute Gasteiger partial charge is 0.394 e. The van der Waals surface area contributed by atoms with Gasteiger partial charge in [0.2, 0.25) is 0 Å². The van der Waals surface area contributed by atoms with Gasteiger partial charge in [-0.3, -0.25) is 14.3 Å². The summed E-state index contributed by atoms with van der Waals surface area (Å²) in [7, 11) is 0. The Balaban J connectivity index is 1.76. The highest BCUT2D eigenvalue weighted by Gasteiger charge is 2.50. The van der Waals surface area contributed by atoms with E-state index >= 15 is 0 Å². The zero-order chi connectivity index (χ0) is 20.6. The second-order valence-corrected chi connectivity index (χ2v) is 6.61. The molecule has 9 atom stereocenters. The van der Waals surface area contributed by atoms with Crippen LogP contribution < -0.4 is 17.0 Å². The van der Waals surface area contributed by atoms with E-state index in [9.17, 15) is 35.1 Å². The first-order valence-corrected chi connectivity index (χ1v) is 8.59. The van der Waals surface area contributed by atoms with E-state index in [1.165, 1.54) is 0 Å². The molecule has 2 fully saturated rings. The molecule has 0 saturated carbocycles. The van der Waals surface area contributed by atoms with Crippen molar-refractivity contribution < 1.29 is 39.7 Å². The summed E-state index contributed by atoms with van der Waals surface area (Å²) in [6, 6.07) is 1.04. The van der Waals surface area contributed by atoms with Crippen molar-refractivity contribution in [2.45, 2.75) is 55.2 Å². The Morgan fingerprint density at radius 1 is 1.14 bits per heavy atom. The van der Waals surface area contributed by atoms with Crippen molar-refractivity contribution >= 4 is 0 Å². The van der Waals surface area contributed by atoms with E-state index in [0.717, 1.165) is 16.8 Å². The standard InChI is InChI=1S/C15H23N3O10/c16-3-5-8(21)11(24)14(26-5)27-6(4-19)12-9(22)10(23)13(28-12)18-2-1-7(20)17-15(18)25/h1-2,5-6,8-14,19,21-24H,3-4,16H2,(H,17,20,25)/t5-,6-,8-,9+,10-,11-,12-,13-,14+/m1/s1. The van der Waals surface area contributed by atoms with Crippen LogP contribution in [-0.2, 0) is 14.2 Å². The average molecular weight is 405 g/mol. The molecule has 3 rings (SSSR count). The first-order valence-electron chi connectivity index (χ1n) is 8.59. The first kappa shape index (κ1) is 21.0. The molecule has 13 heteroatoms. The van der Waals surface area contributed by atoms with Crippen molar-refractivity contribution in [1.29, 1.82) is 0 Å². The Kier molecular flexibility index (Phi) is 6.28. The van der Waals surface area contributed by atoms with E-state index in [1.54, 1.807) is 0 Å². The van der Waals surface area contributed by atoms with Crippen LogP contribution in [0.4, 0.5) is 0 Å². The lowest BCUT2D eigenvalue weighted by atomic mass is 10.1. The van der Waals surface area contributed by atoms with Crippen LogP contribution in [-0.4, -0.2) is 97.3 Å². The van der Waals surface area contributed by atoms with E-state index in [2.05, 4.69) is 0 Å². The van der Waals surface area contributed by atoms with Crippen LogP contribution in [0.3, 0.4) is 0 Å². The number of aromatic amines is 1. The summed E-state index contributed by atoms with van der Waals surface area (Å²) < 4.78 is 17.1. The van der Waals surface area contributed by atoms with E-state index in [4.69, 9.17) is 19.9 Å². The SMILES string of the molecule is NC[C@H]1O[C@@H](O[C@H](CO)[C@H]2O[C@@H](n3ccc(=O)[nH]c3=O)[C@H](O)[C@@H]2O)[C@H](O)[C@@H]1O. The van der Waals surface area contributed by atoms with Crippen LogP contribution in [0.2, 0.25) is 0 Å². The summed E-state index contributed by atoms with van der Waals surface area (Å²) in [5.41, 5.74) is 3.91. The molecule has 0 aromatic carbocycles. The zero-order valence-corrected chi connectivity index (χ0v) is 14.6. The van der Waals surface area contributed by atoms with E-state index < -0.39 is 73.1 Å². The fourth-order valence-electron chi connectivity index (χ4n) is 3.27. The third-order valence-electron chi connectivity index (χ3n) is 4.81. The Morgan fingerprint density at radius 2 is 1.86 bits per heavy atom. The van der Waals surface area contributed by atoms with Crippen LogP contribution in [0.1, 0.15) is 6.23 Å². The molecule has 0 bridgehead atoms. The van der Waals surface area contributed by atoms with Gasteiger partial charge >= 0.3 is 5.69 Å². The second-order valence-electron chi connectivity index (χ2n) is 6.61. The molecule has 158 valence electrons. The molecular weight excluding hydrogens is 382 g/mol. The quantitative estimate of drug-likeness (QED) is 0.238. The maximum Gasteiger partial charge on any atom is 0.330 e. The normalized spacial score (nSPS) is 39.4. The van der Waals surface area contributed by atoms with Gasteiger partial charge < -0.3 is 45.5 Å². The summed E-state index contributed by atoms with van der Waals surface area (Å²) in [6.45, 7) is -0.780. The third-order valence-corrected chi connectivity index (χ3v) is 4.81. The third kappa shape index (κ3) is 3.76. The molecular formula is C15H23N3O10. The lowest BCUT2D eigenvalue weighted by Crippen LogP contribution is -2.46. The highest BCUT2D eigenvalue weighted by molar-refractivity contribution is 4.96. The van der Waals surface area contributed by atoms with Crippen molar-refractivity contribution in [3.8, 4) is 0 Å². The van der Waals surface area contributed by atoms with Gasteiger partial charge in [0, 0.05) is 18.8 Å². The predicted molar refractivity (Wildman–Crippen MR) is 88.9 cm³/mol. The zero-order valence-electron chi connectivity index (χ0n) is 14.6. The highest BCUT2D eigenvalue weighted by atomic mass is 16.7.